The number of nitrogens with zero attached hydrogens (tertiary/aromatic N) is 1. The fraction of sp³-hybridized carbons (Fsp3) is 0.438. The molecule has 112 valence electrons. The average Bonchev–Trinajstić information content (AvgIpc) is 2.74. The minimum absolute atomic E-state index is 0.0174. The van der Waals surface area contributed by atoms with Gasteiger partial charge in [0.2, 0.25) is 5.91 Å². The van der Waals surface area contributed by atoms with E-state index in [1.165, 1.54) is 18.9 Å². The lowest BCUT2D eigenvalue weighted by Gasteiger charge is -2.13. The Bertz CT molecular complexity index is 532. The Morgan fingerprint density at radius 3 is 2.57 bits per heavy atom. The maximum Gasteiger partial charge on any atom is 0.328 e. The minimum atomic E-state index is -1.02. The van der Waals surface area contributed by atoms with Gasteiger partial charge in [0.05, 0.1) is 5.69 Å². The Hall–Kier alpha value is -2.17. The van der Waals surface area contributed by atoms with Crippen LogP contribution in [0.5, 0.6) is 0 Å². The van der Waals surface area contributed by atoms with E-state index in [4.69, 9.17) is 5.11 Å². The zero-order valence-electron chi connectivity index (χ0n) is 11.9. The van der Waals surface area contributed by atoms with Crippen molar-refractivity contribution >= 4 is 23.8 Å². The number of aromatic nitrogens is 1. The maximum absolute atomic E-state index is 12.2. The first kappa shape index (κ1) is 15.2. The highest BCUT2D eigenvalue weighted by Crippen LogP contribution is 2.24. The summed E-state index contributed by atoms with van der Waals surface area (Å²) in [5, 5.41) is 11.4. The first-order valence-electron chi connectivity index (χ1n) is 7.34. The zero-order chi connectivity index (χ0) is 15.1. The molecule has 5 heteroatoms. The molecule has 2 rings (SSSR count). The first-order valence-corrected chi connectivity index (χ1v) is 7.34. The molecule has 0 aliphatic heterocycles. The predicted molar refractivity (Wildman–Crippen MR) is 80.7 cm³/mol. The molecule has 1 saturated carbocycles. The number of anilines is 1. The van der Waals surface area contributed by atoms with Crippen molar-refractivity contribution in [2.24, 2.45) is 5.92 Å². The summed E-state index contributed by atoms with van der Waals surface area (Å²) in [6, 6.07) is 5.16. The van der Waals surface area contributed by atoms with Gasteiger partial charge in [-0.15, -0.1) is 0 Å². The lowest BCUT2D eigenvalue weighted by molar-refractivity contribution is -0.131. The van der Waals surface area contributed by atoms with E-state index in [1.807, 2.05) is 0 Å². The van der Waals surface area contributed by atoms with Crippen LogP contribution in [0.15, 0.2) is 24.3 Å². The predicted octanol–water partition coefficient (Wildman–Crippen LogP) is 3.09. The van der Waals surface area contributed by atoms with E-state index < -0.39 is 5.97 Å². The molecular weight excluding hydrogens is 268 g/mol. The fourth-order valence-electron chi connectivity index (χ4n) is 2.54. The Labute approximate surface area is 124 Å². The Kier molecular flexibility index (Phi) is 5.49. The van der Waals surface area contributed by atoms with Gasteiger partial charge < -0.3 is 10.4 Å². The molecule has 1 aliphatic rings. The van der Waals surface area contributed by atoms with Crippen molar-refractivity contribution in [1.82, 2.24) is 4.98 Å². The van der Waals surface area contributed by atoms with Crippen LogP contribution in [-0.2, 0) is 9.59 Å². The summed E-state index contributed by atoms with van der Waals surface area (Å²) < 4.78 is 0. The van der Waals surface area contributed by atoms with Crippen LogP contribution in [0.3, 0.4) is 0 Å². The molecule has 1 amide bonds. The summed E-state index contributed by atoms with van der Waals surface area (Å²) >= 11 is 0. The topological polar surface area (TPSA) is 79.3 Å². The number of carboxylic acid groups (broad SMARTS) is 1. The smallest absolute Gasteiger partial charge is 0.328 e. The third-order valence-electron chi connectivity index (χ3n) is 3.64. The molecule has 0 saturated heterocycles. The van der Waals surface area contributed by atoms with E-state index in [0.717, 1.165) is 31.8 Å². The quantitative estimate of drug-likeness (QED) is 0.659. The van der Waals surface area contributed by atoms with Gasteiger partial charge in [0, 0.05) is 12.0 Å². The Morgan fingerprint density at radius 1 is 1.19 bits per heavy atom. The molecule has 0 aromatic carbocycles. The SMILES string of the molecule is O=C(O)C=Cc1cccc(NC(=O)C2CCCCCC2)n1. The van der Waals surface area contributed by atoms with Gasteiger partial charge >= 0.3 is 5.97 Å². The van der Waals surface area contributed by atoms with Crippen molar-refractivity contribution in [2.45, 2.75) is 38.5 Å². The minimum Gasteiger partial charge on any atom is -0.478 e. The molecule has 0 radical (unpaired) electrons. The Morgan fingerprint density at radius 2 is 1.90 bits per heavy atom. The number of carbonyl (C=O) groups excluding carboxylic acids is 1. The largest absolute Gasteiger partial charge is 0.478 e. The molecule has 5 nitrogen and oxygen atoms in total. The van der Waals surface area contributed by atoms with Gasteiger partial charge in [0.25, 0.3) is 0 Å². The molecule has 1 fully saturated rings. The number of pyridine rings is 1. The summed E-state index contributed by atoms with van der Waals surface area (Å²) in [5.74, 6) is -0.474. The second kappa shape index (κ2) is 7.57. The summed E-state index contributed by atoms with van der Waals surface area (Å²) in [5.41, 5.74) is 0.510. The van der Waals surface area contributed by atoms with Crippen molar-refractivity contribution in [2.75, 3.05) is 5.32 Å². The van der Waals surface area contributed by atoms with Crippen LogP contribution >= 0.6 is 0 Å². The lowest BCUT2D eigenvalue weighted by atomic mass is 9.99. The van der Waals surface area contributed by atoms with Gasteiger partial charge in [-0.3, -0.25) is 4.79 Å². The molecule has 2 N–H and O–H groups in total. The molecule has 1 aromatic heterocycles. The van der Waals surface area contributed by atoms with Gasteiger partial charge in [-0.25, -0.2) is 9.78 Å². The number of hydrogen-bond donors (Lipinski definition) is 2. The van der Waals surface area contributed by atoms with Crippen molar-refractivity contribution in [3.63, 3.8) is 0 Å². The molecule has 21 heavy (non-hydrogen) atoms. The summed E-state index contributed by atoms with van der Waals surface area (Å²) in [4.78, 5) is 26.9. The standard InChI is InChI=1S/C16H20N2O3/c19-15(20)11-10-13-8-5-9-14(17-13)18-16(21)12-6-3-1-2-4-7-12/h5,8-12H,1-4,6-7H2,(H,19,20)(H,17,18,21). The van der Waals surface area contributed by atoms with Crippen LogP contribution in [0.4, 0.5) is 5.82 Å². The number of rotatable bonds is 4. The summed E-state index contributed by atoms with van der Waals surface area (Å²) in [7, 11) is 0. The molecule has 0 spiro atoms. The summed E-state index contributed by atoms with van der Waals surface area (Å²) in [6.07, 6.45) is 8.92. The highest BCUT2D eigenvalue weighted by atomic mass is 16.4. The van der Waals surface area contributed by atoms with Crippen molar-refractivity contribution in [3.8, 4) is 0 Å². The number of carboxylic acids is 1. The van der Waals surface area contributed by atoms with Crippen LogP contribution in [0.25, 0.3) is 6.08 Å². The molecule has 0 atom stereocenters. The third-order valence-corrected chi connectivity index (χ3v) is 3.64. The van der Waals surface area contributed by atoms with Crippen LogP contribution in [0, 0.1) is 5.92 Å². The van der Waals surface area contributed by atoms with Gasteiger partial charge in [-0.2, -0.15) is 0 Å². The first-order chi connectivity index (χ1) is 10.1. The summed E-state index contributed by atoms with van der Waals surface area (Å²) in [6.45, 7) is 0. The highest BCUT2D eigenvalue weighted by molar-refractivity contribution is 5.91. The van der Waals surface area contributed by atoms with Crippen LogP contribution < -0.4 is 5.32 Å². The lowest BCUT2D eigenvalue weighted by Crippen LogP contribution is -2.22. The molecule has 1 aromatic rings. The number of carbonyl (C=O) groups is 2. The van der Waals surface area contributed by atoms with Gasteiger partial charge in [0.15, 0.2) is 0 Å². The highest BCUT2D eigenvalue weighted by Gasteiger charge is 2.20. The number of hydrogen-bond acceptors (Lipinski definition) is 3. The molecule has 0 unspecified atom stereocenters. The van der Waals surface area contributed by atoms with Crippen LogP contribution in [-0.4, -0.2) is 22.0 Å². The van der Waals surface area contributed by atoms with Crippen LogP contribution in [0.2, 0.25) is 0 Å². The van der Waals surface area contributed by atoms with Gasteiger partial charge in [0.1, 0.15) is 5.82 Å². The number of amides is 1. The van der Waals surface area contributed by atoms with E-state index in [-0.39, 0.29) is 11.8 Å². The Balaban J connectivity index is 1.99. The van der Waals surface area contributed by atoms with E-state index in [0.29, 0.717) is 11.5 Å². The molecule has 1 heterocycles. The maximum atomic E-state index is 12.2. The van der Waals surface area contributed by atoms with Crippen molar-refractivity contribution in [1.29, 1.82) is 0 Å². The molecular formula is C16H20N2O3. The van der Waals surface area contributed by atoms with E-state index >= 15 is 0 Å². The second-order valence-corrected chi connectivity index (χ2v) is 5.30. The van der Waals surface area contributed by atoms with Gasteiger partial charge in [-0.05, 0) is 31.1 Å². The van der Waals surface area contributed by atoms with Crippen molar-refractivity contribution in [3.05, 3.63) is 30.0 Å². The second-order valence-electron chi connectivity index (χ2n) is 5.30. The molecule has 0 bridgehead atoms. The molecule has 1 aliphatic carbocycles. The van der Waals surface area contributed by atoms with E-state index in [2.05, 4.69) is 10.3 Å². The zero-order valence-corrected chi connectivity index (χ0v) is 11.9. The third kappa shape index (κ3) is 5.02. The van der Waals surface area contributed by atoms with Crippen LogP contribution in [0.1, 0.15) is 44.2 Å². The van der Waals surface area contributed by atoms with E-state index in [9.17, 15) is 9.59 Å². The fourth-order valence-corrected chi connectivity index (χ4v) is 2.54. The number of nitrogens with one attached hydrogen (secondary N) is 1. The number of aliphatic carboxylic acids is 1. The van der Waals surface area contributed by atoms with Crippen molar-refractivity contribution < 1.29 is 14.7 Å². The average molecular weight is 288 g/mol. The monoisotopic (exact) mass is 288 g/mol. The normalized spacial score (nSPS) is 16.6. The van der Waals surface area contributed by atoms with E-state index in [1.54, 1.807) is 18.2 Å². The van der Waals surface area contributed by atoms with Gasteiger partial charge in [-0.1, -0.05) is 31.7 Å².